The van der Waals surface area contributed by atoms with E-state index < -0.39 is 0 Å². The topological polar surface area (TPSA) is 68.0 Å². The lowest BCUT2D eigenvalue weighted by molar-refractivity contribution is 0.100. The average molecular weight is 261 g/mol. The van der Waals surface area contributed by atoms with Gasteiger partial charge in [-0.3, -0.25) is 9.78 Å². The first-order chi connectivity index (χ1) is 8.66. The second-order valence-corrected chi connectivity index (χ2v) is 5.04. The minimum atomic E-state index is -0.375. The second kappa shape index (κ2) is 5.75. The molecule has 0 saturated carbocycles. The van der Waals surface area contributed by atoms with Gasteiger partial charge in [0.15, 0.2) is 0 Å². The highest BCUT2D eigenvalue weighted by molar-refractivity contribution is 7.10. The van der Waals surface area contributed by atoms with Crippen molar-refractivity contribution in [1.29, 1.82) is 0 Å². The Labute approximate surface area is 110 Å². The van der Waals surface area contributed by atoms with Gasteiger partial charge in [-0.15, -0.1) is 11.3 Å². The van der Waals surface area contributed by atoms with E-state index in [1.54, 1.807) is 17.8 Å². The summed E-state index contributed by atoms with van der Waals surface area (Å²) in [5.41, 5.74) is 6.98. The van der Waals surface area contributed by atoms with Gasteiger partial charge in [-0.1, -0.05) is 0 Å². The van der Waals surface area contributed by atoms with Gasteiger partial charge >= 0.3 is 0 Å². The Morgan fingerprint density at radius 1 is 1.50 bits per heavy atom. The van der Waals surface area contributed by atoms with Crippen LogP contribution in [-0.2, 0) is 6.54 Å². The standard InChI is InChI=1S/C13H15N3OS/c1-9(10-2-4-15-5-3-10)16-7-12-6-11(8-18-12)13(14)17/h2-6,8-9,16H,7H2,1H3,(H2,14,17)/t9-/m0/s1. The molecule has 3 N–H and O–H groups in total. The molecule has 0 radical (unpaired) electrons. The number of rotatable bonds is 5. The van der Waals surface area contributed by atoms with Gasteiger partial charge in [0.25, 0.3) is 0 Å². The number of nitrogens with one attached hydrogen (secondary N) is 1. The maximum atomic E-state index is 11.0. The normalized spacial score (nSPS) is 12.3. The number of carbonyl (C=O) groups is 1. The summed E-state index contributed by atoms with van der Waals surface area (Å²) in [5, 5.41) is 5.19. The molecule has 94 valence electrons. The smallest absolute Gasteiger partial charge is 0.249 e. The first-order valence-electron chi connectivity index (χ1n) is 5.67. The SMILES string of the molecule is C[C@H](NCc1cc(C(N)=O)cs1)c1ccncc1. The number of hydrogen-bond donors (Lipinski definition) is 2. The van der Waals surface area contributed by atoms with E-state index in [4.69, 9.17) is 5.73 Å². The highest BCUT2D eigenvalue weighted by atomic mass is 32.1. The first kappa shape index (κ1) is 12.7. The van der Waals surface area contributed by atoms with Crippen molar-refractivity contribution < 1.29 is 4.79 Å². The van der Waals surface area contributed by atoms with Gasteiger partial charge in [-0.05, 0) is 30.7 Å². The van der Waals surface area contributed by atoms with Crippen LogP contribution in [0.25, 0.3) is 0 Å². The Balaban J connectivity index is 1.93. The van der Waals surface area contributed by atoms with E-state index in [2.05, 4.69) is 17.2 Å². The van der Waals surface area contributed by atoms with E-state index in [1.165, 1.54) is 16.9 Å². The summed E-state index contributed by atoms with van der Waals surface area (Å²) in [6.45, 7) is 2.82. The summed E-state index contributed by atoms with van der Waals surface area (Å²) < 4.78 is 0. The van der Waals surface area contributed by atoms with Crippen molar-refractivity contribution in [2.45, 2.75) is 19.5 Å². The predicted molar refractivity (Wildman–Crippen MR) is 72.3 cm³/mol. The zero-order valence-electron chi connectivity index (χ0n) is 10.1. The lowest BCUT2D eigenvalue weighted by Gasteiger charge is -2.12. The molecule has 2 rings (SSSR count). The number of hydrogen-bond acceptors (Lipinski definition) is 4. The molecule has 18 heavy (non-hydrogen) atoms. The van der Waals surface area contributed by atoms with Crippen LogP contribution in [0.4, 0.5) is 0 Å². The summed E-state index contributed by atoms with van der Waals surface area (Å²) in [6.07, 6.45) is 3.56. The Kier molecular flexibility index (Phi) is 4.07. The zero-order valence-corrected chi connectivity index (χ0v) is 10.9. The van der Waals surface area contributed by atoms with Crippen LogP contribution in [0.2, 0.25) is 0 Å². The minimum absolute atomic E-state index is 0.243. The van der Waals surface area contributed by atoms with Crippen LogP contribution in [0, 0.1) is 0 Å². The van der Waals surface area contributed by atoms with Gasteiger partial charge in [-0.25, -0.2) is 0 Å². The Morgan fingerprint density at radius 3 is 2.83 bits per heavy atom. The van der Waals surface area contributed by atoms with Gasteiger partial charge in [0, 0.05) is 35.2 Å². The minimum Gasteiger partial charge on any atom is -0.366 e. The molecule has 0 aliphatic carbocycles. The largest absolute Gasteiger partial charge is 0.366 e. The third-order valence-electron chi connectivity index (χ3n) is 2.73. The molecule has 0 aromatic carbocycles. The highest BCUT2D eigenvalue weighted by Crippen LogP contribution is 2.16. The van der Waals surface area contributed by atoms with Crippen molar-refractivity contribution in [2.24, 2.45) is 5.73 Å². The van der Waals surface area contributed by atoms with Gasteiger partial charge in [0.05, 0.1) is 5.56 Å². The lowest BCUT2D eigenvalue weighted by Crippen LogP contribution is -2.17. The number of primary amides is 1. The van der Waals surface area contributed by atoms with Crippen LogP contribution in [0.15, 0.2) is 36.0 Å². The van der Waals surface area contributed by atoms with E-state index in [-0.39, 0.29) is 11.9 Å². The van der Waals surface area contributed by atoms with E-state index in [9.17, 15) is 4.79 Å². The summed E-state index contributed by atoms with van der Waals surface area (Å²) in [6, 6.07) is 6.05. The lowest BCUT2D eigenvalue weighted by atomic mass is 10.1. The molecule has 0 unspecified atom stereocenters. The van der Waals surface area contributed by atoms with Gasteiger partial charge in [0.2, 0.25) is 5.91 Å². The molecule has 0 aliphatic rings. The van der Waals surface area contributed by atoms with E-state index in [0.717, 1.165) is 11.4 Å². The number of nitrogens with two attached hydrogens (primary N) is 1. The molecule has 0 spiro atoms. The van der Waals surface area contributed by atoms with Gasteiger partial charge in [0.1, 0.15) is 0 Å². The summed E-state index contributed by atoms with van der Waals surface area (Å²) in [4.78, 5) is 16.1. The molecule has 0 aliphatic heterocycles. The van der Waals surface area contributed by atoms with Crippen molar-refractivity contribution in [3.8, 4) is 0 Å². The molecule has 5 heteroatoms. The Hall–Kier alpha value is -1.72. The third-order valence-corrected chi connectivity index (χ3v) is 3.66. The molecule has 2 aromatic rings. The van der Waals surface area contributed by atoms with Crippen molar-refractivity contribution in [3.05, 3.63) is 52.0 Å². The number of amides is 1. The van der Waals surface area contributed by atoms with Crippen molar-refractivity contribution >= 4 is 17.2 Å². The third kappa shape index (κ3) is 3.15. The molecule has 1 amide bonds. The molecule has 0 saturated heterocycles. The number of pyridine rings is 1. The molecular weight excluding hydrogens is 246 g/mol. The molecule has 0 bridgehead atoms. The molecule has 2 heterocycles. The quantitative estimate of drug-likeness (QED) is 0.866. The summed E-state index contributed by atoms with van der Waals surface area (Å²) in [5.74, 6) is -0.375. The fraction of sp³-hybridized carbons (Fsp3) is 0.231. The van der Waals surface area contributed by atoms with Crippen molar-refractivity contribution in [2.75, 3.05) is 0 Å². The first-order valence-corrected chi connectivity index (χ1v) is 6.55. The fourth-order valence-electron chi connectivity index (χ4n) is 1.63. The second-order valence-electron chi connectivity index (χ2n) is 4.05. The van der Waals surface area contributed by atoms with Crippen LogP contribution in [0.5, 0.6) is 0 Å². The van der Waals surface area contributed by atoms with Crippen molar-refractivity contribution in [3.63, 3.8) is 0 Å². The van der Waals surface area contributed by atoms with Gasteiger partial charge < -0.3 is 11.1 Å². The molecule has 2 aromatic heterocycles. The molecule has 4 nitrogen and oxygen atoms in total. The monoisotopic (exact) mass is 261 g/mol. The number of aromatic nitrogens is 1. The predicted octanol–water partition coefficient (Wildman–Crippen LogP) is 2.09. The number of nitrogens with zero attached hydrogens (tertiary/aromatic N) is 1. The van der Waals surface area contributed by atoms with Crippen LogP contribution < -0.4 is 11.1 Å². The maximum Gasteiger partial charge on any atom is 0.249 e. The van der Waals surface area contributed by atoms with Crippen LogP contribution in [-0.4, -0.2) is 10.9 Å². The van der Waals surface area contributed by atoms with E-state index in [0.29, 0.717) is 5.56 Å². The molecular formula is C13H15N3OS. The fourth-order valence-corrected chi connectivity index (χ4v) is 2.45. The zero-order chi connectivity index (χ0) is 13.0. The average Bonchev–Trinajstić information content (AvgIpc) is 2.86. The van der Waals surface area contributed by atoms with Gasteiger partial charge in [-0.2, -0.15) is 0 Å². The molecule has 0 fully saturated rings. The Bertz CT molecular complexity index is 524. The number of thiophene rings is 1. The summed E-state index contributed by atoms with van der Waals surface area (Å²) >= 11 is 1.54. The molecule has 1 atom stereocenters. The van der Waals surface area contributed by atoms with Crippen molar-refractivity contribution in [1.82, 2.24) is 10.3 Å². The van der Waals surface area contributed by atoms with Crippen LogP contribution in [0.1, 0.15) is 33.8 Å². The van der Waals surface area contributed by atoms with E-state index >= 15 is 0 Å². The highest BCUT2D eigenvalue weighted by Gasteiger charge is 2.07. The van der Waals surface area contributed by atoms with Crippen LogP contribution in [0.3, 0.4) is 0 Å². The summed E-state index contributed by atoms with van der Waals surface area (Å²) in [7, 11) is 0. The maximum absolute atomic E-state index is 11.0. The van der Waals surface area contributed by atoms with Crippen LogP contribution >= 0.6 is 11.3 Å². The Morgan fingerprint density at radius 2 is 2.22 bits per heavy atom. The van der Waals surface area contributed by atoms with E-state index in [1.807, 2.05) is 18.2 Å². The number of carbonyl (C=O) groups excluding carboxylic acids is 1.